The smallest absolute Gasteiger partial charge is 0.490 e. The minimum Gasteiger partial charge on any atom is -0.493 e. The first-order valence-electron chi connectivity index (χ1n) is 13.6. The molecule has 220 valence electrons. The van der Waals surface area contributed by atoms with Gasteiger partial charge < -0.3 is 14.8 Å². The Morgan fingerprint density at radius 3 is 2.27 bits per heavy atom. The molecular weight excluding hydrogens is 524 g/mol. The molecule has 9 heteroatoms. The van der Waals surface area contributed by atoms with E-state index in [0.717, 1.165) is 22.6 Å². The minimum absolute atomic E-state index is 0.158. The number of rotatable bonds is 11. The van der Waals surface area contributed by atoms with E-state index in [1.54, 1.807) is 24.1 Å². The van der Waals surface area contributed by atoms with Crippen LogP contribution in [-0.2, 0) is 22.5 Å². The van der Waals surface area contributed by atoms with Gasteiger partial charge in [-0.3, -0.25) is 4.90 Å². The van der Waals surface area contributed by atoms with Crippen molar-refractivity contribution >= 4 is 5.97 Å². The Labute approximate surface area is 234 Å². The summed E-state index contributed by atoms with van der Waals surface area (Å²) >= 11 is 0. The highest BCUT2D eigenvalue weighted by molar-refractivity contribution is 5.75. The van der Waals surface area contributed by atoms with E-state index >= 15 is 0 Å². The normalized spacial score (nSPS) is 20.1. The Bertz CT molecular complexity index is 1130. The summed E-state index contributed by atoms with van der Waals surface area (Å²) in [6.45, 7) is 13.4. The second-order valence-corrected chi connectivity index (χ2v) is 11.6. The quantitative estimate of drug-likeness (QED) is 0.238. The number of esters is 1. The fourth-order valence-corrected chi connectivity index (χ4v) is 5.06. The lowest BCUT2D eigenvalue weighted by Gasteiger charge is -2.50. The zero-order valence-electron chi connectivity index (χ0n) is 23.9. The predicted molar refractivity (Wildman–Crippen MR) is 147 cm³/mol. The number of hydrogen-bond acceptors (Lipinski definition) is 5. The first-order valence-corrected chi connectivity index (χ1v) is 13.6. The van der Waals surface area contributed by atoms with Crippen molar-refractivity contribution in [3.63, 3.8) is 0 Å². The highest BCUT2D eigenvalue weighted by Gasteiger charge is 2.48. The molecule has 0 radical (unpaired) electrons. The van der Waals surface area contributed by atoms with Crippen molar-refractivity contribution < 1.29 is 31.8 Å². The Morgan fingerprint density at radius 1 is 1.10 bits per heavy atom. The van der Waals surface area contributed by atoms with Gasteiger partial charge >= 0.3 is 12.1 Å². The van der Waals surface area contributed by atoms with Gasteiger partial charge in [-0.2, -0.15) is 13.2 Å². The Hall–Kier alpha value is -3.07. The van der Waals surface area contributed by atoms with E-state index in [0.29, 0.717) is 31.9 Å². The molecule has 0 aromatic heterocycles. The van der Waals surface area contributed by atoms with E-state index in [2.05, 4.69) is 25.7 Å². The van der Waals surface area contributed by atoms with Crippen LogP contribution in [0.2, 0.25) is 0 Å². The molecule has 1 aliphatic rings. The molecule has 1 aliphatic heterocycles. The molecule has 0 saturated carbocycles. The van der Waals surface area contributed by atoms with Crippen LogP contribution in [0.4, 0.5) is 17.6 Å². The van der Waals surface area contributed by atoms with Crippen LogP contribution in [0.25, 0.3) is 0 Å². The van der Waals surface area contributed by atoms with Crippen molar-refractivity contribution in [1.82, 2.24) is 10.2 Å². The average Bonchev–Trinajstić information content (AvgIpc) is 2.88. The fraction of sp³-hybridized carbons (Fsp3) is 0.516. The van der Waals surface area contributed by atoms with Gasteiger partial charge in [-0.15, -0.1) is 0 Å². The molecule has 0 bridgehead atoms. The first-order chi connectivity index (χ1) is 18.7. The van der Waals surface area contributed by atoms with E-state index in [1.165, 1.54) is 12.1 Å². The monoisotopic (exact) mass is 564 g/mol. The molecule has 1 fully saturated rings. The zero-order valence-corrected chi connectivity index (χ0v) is 23.9. The number of halogens is 4. The number of hydrogen-bond donors (Lipinski definition) is 1. The van der Waals surface area contributed by atoms with Gasteiger partial charge in [0.25, 0.3) is 0 Å². The highest BCUT2D eigenvalue weighted by Crippen LogP contribution is 2.41. The zero-order chi connectivity index (χ0) is 29.7. The van der Waals surface area contributed by atoms with Crippen molar-refractivity contribution in [3.8, 4) is 5.75 Å². The third-order valence-electron chi connectivity index (χ3n) is 7.54. The number of nitrogens with zero attached hydrogens (tertiary/aromatic N) is 1. The van der Waals surface area contributed by atoms with Crippen LogP contribution < -0.4 is 10.1 Å². The molecule has 1 N–H and O–H groups in total. The standard InChI is InChI=1S/C31H40F4N2O3/c1-20(2)19-39-26-13-9-23(10-14-26)18-36-21(3)27(15-22-7-11-25(32)12-8-22)24-16-28(37(6)30(4,5)17-24)40-29(38)31(33,34)35/h7-14,20,24,27-28,36H,3,15-19H2,1-2,4-6H3. The molecule has 0 aliphatic carbocycles. The third-order valence-corrected chi connectivity index (χ3v) is 7.54. The van der Waals surface area contributed by atoms with E-state index in [9.17, 15) is 22.4 Å². The summed E-state index contributed by atoms with van der Waals surface area (Å²) in [5, 5.41) is 3.41. The predicted octanol–water partition coefficient (Wildman–Crippen LogP) is 6.87. The van der Waals surface area contributed by atoms with Crippen molar-refractivity contribution in [2.45, 2.75) is 71.4 Å². The summed E-state index contributed by atoms with van der Waals surface area (Å²) in [6.07, 6.45) is -4.79. The van der Waals surface area contributed by atoms with Crippen LogP contribution in [0, 0.1) is 23.6 Å². The number of ether oxygens (including phenoxy) is 2. The van der Waals surface area contributed by atoms with Gasteiger partial charge in [0.15, 0.2) is 6.23 Å². The molecule has 1 heterocycles. The lowest BCUT2D eigenvalue weighted by molar-refractivity contribution is -0.221. The van der Waals surface area contributed by atoms with Crippen LogP contribution in [0.3, 0.4) is 0 Å². The van der Waals surface area contributed by atoms with Crippen LogP contribution >= 0.6 is 0 Å². The number of likely N-dealkylation sites (tertiary alicyclic amines) is 1. The molecule has 0 amide bonds. The SMILES string of the molecule is C=C(NCc1ccc(OCC(C)C)cc1)C(Cc1ccc(F)cc1)C1CC(OC(=O)C(F)(F)F)N(C)C(C)(C)C1. The molecule has 2 aromatic carbocycles. The maximum atomic E-state index is 13.6. The van der Waals surface area contributed by atoms with Gasteiger partial charge in [-0.25, -0.2) is 9.18 Å². The number of piperidine rings is 1. The van der Waals surface area contributed by atoms with Crippen molar-refractivity contribution in [3.05, 3.63) is 77.8 Å². The summed E-state index contributed by atoms with van der Waals surface area (Å²) in [4.78, 5) is 13.4. The highest BCUT2D eigenvalue weighted by atomic mass is 19.4. The van der Waals surface area contributed by atoms with Gasteiger partial charge in [-0.05, 0) is 81.0 Å². The van der Waals surface area contributed by atoms with E-state index in [4.69, 9.17) is 9.47 Å². The van der Waals surface area contributed by atoms with E-state index in [-0.39, 0.29) is 24.1 Å². The number of benzene rings is 2. The molecule has 5 nitrogen and oxygen atoms in total. The summed E-state index contributed by atoms with van der Waals surface area (Å²) in [6, 6.07) is 13.9. The van der Waals surface area contributed by atoms with Gasteiger partial charge in [0, 0.05) is 30.1 Å². The summed E-state index contributed by atoms with van der Waals surface area (Å²) in [7, 11) is 1.67. The molecule has 3 rings (SSSR count). The molecule has 1 saturated heterocycles. The molecule has 40 heavy (non-hydrogen) atoms. The number of allylic oxidation sites excluding steroid dienone is 1. The maximum Gasteiger partial charge on any atom is 0.490 e. The molecular formula is C31H40F4N2O3. The van der Waals surface area contributed by atoms with Gasteiger partial charge in [0.2, 0.25) is 0 Å². The fourth-order valence-electron chi connectivity index (χ4n) is 5.06. The maximum absolute atomic E-state index is 13.6. The summed E-state index contributed by atoms with van der Waals surface area (Å²) in [5.41, 5.74) is 2.06. The van der Waals surface area contributed by atoms with Crippen LogP contribution in [-0.4, -0.2) is 42.5 Å². The average molecular weight is 565 g/mol. The van der Waals surface area contributed by atoms with Crippen LogP contribution in [0.1, 0.15) is 51.7 Å². The Balaban J connectivity index is 1.79. The largest absolute Gasteiger partial charge is 0.493 e. The van der Waals surface area contributed by atoms with Gasteiger partial charge in [0.05, 0.1) is 6.61 Å². The first kappa shape index (κ1) is 31.5. The summed E-state index contributed by atoms with van der Waals surface area (Å²) < 4.78 is 63.4. The second-order valence-electron chi connectivity index (χ2n) is 11.6. The van der Waals surface area contributed by atoms with E-state index < -0.39 is 23.9 Å². The number of carbonyl (C=O) groups excluding carboxylic acids is 1. The van der Waals surface area contributed by atoms with E-state index in [1.807, 2.05) is 38.1 Å². The lowest BCUT2D eigenvalue weighted by atomic mass is 9.72. The Kier molecular flexibility index (Phi) is 10.3. The third kappa shape index (κ3) is 8.71. The number of nitrogens with one attached hydrogen (secondary N) is 1. The number of carbonyl (C=O) groups is 1. The minimum atomic E-state index is -5.08. The number of alkyl halides is 3. The lowest BCUT2D eigenvalue weighted by Crippen LogP contribution is -2.56. The van der Waals surface area contributed by atoms with Crippen molar-refractivity contribution in [2.75, 3.05) is 13.7 Å². The molecule has 0 spiro atoms. The topological polar surface area (TPSA) is 50.8 Å². The van der Waals surface area contributed by atoms with Crippen molar-refractivity contribution in [1.29, 1.82) is 0 Å². The van der Waals surface area contributed by atoms with Gasteiger partial charge in [0.1, 0.15) is 11.6 Å². The molecule has 3 unspecified atom stereocenters. The molecule has 3 atom stereocenters. The van der Waals surface area contributed by atoms with Crippen molar-refractivity contribution in [2.24, 2.45) is 17.8 Å². The Morgan fingerprint density at radius 2 is 1.70 bits per heavy atom. The second kappa shape index (κ2) is 13.1. The van der Waals surface area contributed by atoms with Gasteiger partial charge in [-0.1, -0.05) is 44.7 Å². The molecule has 2 aromatic rings. The van der Waals surface area contributed by atoms with Crippen LogP contribution in [0.5, 0.6) is 5.75 Å². The summed E-state index contributed by atoms with van der Waals surface area (Å²) in [5.74, 6) is -1.71. The van der Waals surface area contributed by atoms with Crippen LogP contribution in [0.15, 0.2) is 60.8 Å².